The van der Waals surface area contributed by atoms with Crippen molar-refractivity contribution in [3.63, 3.8) is 0 Å². The number of carbonyl (C=O) groups is 2. The third kappa shape index (κ3) is 5.56. The number of nitrogens with one attached hydrogen (secondary N) is 2. The lowest BCUT2D eigenvalue weighted by Crippen LogP contribution is -2.43. The normalized spacial score (nSPS) is 22.9. The van der Waals surface area contributed by atoms with E-state index in [9.17, 15) is 9.59 Å². The number of hydrogen-bond donors (Lipinski definition) is 2. The van der Waals surface area contributed by atoms with Crippen molar-refractivity contribution in [2.45, 2.75) is 50.7 Å². The lowest BCUT2D eigenvalue weighted by atomic mass is 10.1. The summed E-state index contributed by atoms with van der Waals surface area (Å²) in [6.45, 7) is 1.15. The number of nitrogens with zero attached hydrogens (tertiary/aromatic N) is 1. The molecule has 1 saturated heterocycles. The van der Waals surface area contributed by atoms with Gasteiger partial charge in [0.1, 0.15) is 0 Å². The fourth-order valence-electron chi connectivity index (χ4n) is 3.91. The van der Waals surface area contributed by atoms with Crippen LogP contribution in [0.3, 0.4) is 0 Å². The molecule has 0 radical (unpaired) electrons. The van der Waals surface area contributed by atoms with Crippen molar-refractivity contribution in [2.75, 3.05) is 13.6 Å². The summed E-state index contributed by atoms with van der Waals surface area (Å²) in [7, 11) is 2.05. The maximum atomic E-state index is 12.3. The van der Waals surface area contributed by atoms with Crippen molar-refractivity contribution >= 4 is 23.4 Å². The van der Waals surface area contributed by atoms with E-state index >= 15 is 0 Å². The van der Waals surface area contributed by atoms with Crippen LogP contribution in [0, 0.1) is 5.92 Å². The molecule has 0 bridgehead atoms. The molecule has 1 aromatic carbocycles. The first-order valence-corrected chi connectivity index (χ1v) is 10.1. The Morgan fingerprint density at radius 2 is 1.89 bits per heavy atom. The molecule has 1 aromatic rings. The fourth-order valence-corrected chi connectivity index (χ4v) is 4.12. The molecule has 0 spiro atoms. The monoisotopic (exact) mass is 389 g/mol. The van der Waals surface area contributed by atoms with E-state index in [-0.39, 0.29) is 23.8 Å². The number of amides is 2. The number of rotatable bonds is 7. The molecule has 2 atom stereocenters. The SMILES string of the molecule is CN1[C@@H](CC(=O)NCc2cccc(Cl)c2)CC[C@H]1CNC(=O)C1CC=CC1. The Balaban J connectivity index is 1.39. The Morgan fingerprint density at radius 1 is 1.15 bits per heavy atom. The zero-order chi connectivity index (χ0) is 19.2. The van der Waals surface area contributed by atoms with Crippen molar-refractivity contribution < 1.29 is 9.59 Å². The average Bonchev–Trinajstić information content (AvgIpc) is 3.30. The second kappa shape index (κ2) is 9.38. The van der Waals surface area contributed by atoms with E-state index in [0.29, 0.717) is 30.6 Å². The number of allylic oxidation sites excluding steroid dienone is 2. The quantitative estimate of drug-likeness (QED) is 0.705. The molecule has 0 aromatic heterocycles. The van der Waals surface area contributed by atoms with E-state index in [1.54, 1.807) is 0 Å². The highest BCUT2D eigenvalue weighted by Crippen LogP contribution is 2.25. The predicted molar refractivity (Wildman–Crippen MR) is 107 cm³/mol. The van der Waals surface area contributed by atoms with Gasteiger partial charge in [0.2, 0.25) is 11.8 Å². The van der Waals surface area contributed by atoms with Crippen LogP contribution in [0.15, 0.2) is 36.4 Å². The van der Waals surface area contributed by atoms with Crippen molar-refractivity contribution in [1.29, 1.82) is 0 Å². The summed E-state index contributed by atoms with van der Waals surface area (Å²) in [5.41, 5.74) is 0.998. The van der Waals surface area contributed by atoms with Crippen LogP contribution in [0.5, 0.6) is 0 Å². The number of likely N-dealkylation sites (tertiary alicyclic amines) is 1. The third-order valence-corrected chi connectivity index (χ3v) is 5.91. The Hall–Kier alpha value is -1.85. The molecule has 1 aliphatic carbocycles. The van der Waals surface area contributed by atoms with Gasteiger partial charge in [-0.3, -0.25) is 14.5 Å². The fraction of sp³-hybridized carbons (Fsp3) is 0.524. The third-order valence-electron chi connectivity index (χ3n) is 5.68. The van der Waals surface area contributed by atoms with Crippen LogP contribution in [0.25, 0.3) is 0 Å². The summed E-state index contributed by atoms with van der Waals surface area (Å²) >= 11 is 5.97. The van der Waals surface area contributed by atoms with Crippen LogP contribution in [0.4, 0.5) is 0 Å². The zero-order valence-electron chi connectivity index (χ0n) is 15.8. The minimum absolute atomic E-state index is 0.0496. The molecular weight excluding hydrogens is 362 g/mol. The molecule has 0 saturated carbocycles. The van der Waals surface area contributed by atoms with Gasteiger partial charge in [0.05, 0.1) is 0 Å². The maximum Gasteiger partial charge on any atom is 0.223 e. The zero-order valence-corrected chi connectivity index (χ0v) is 16.5. The van der Waals surface area contributed by atoms with E-state index in [0.717, 1.165) is 31.2 Å². The molecule has 2 aliphatic rings. The number of hydrogen-bond acceptors (Lipinski definition) is 3. The Morgan fingerprint density at radius 3 is 2.63 bits per heavy atom. The molecule has 5 nitrogen and oxygen atoms in total. The summed E-state index contributed by atoms with van der Waals surface area (Å²) in [6.07, 6.45) is 8.31. The number of likely N-dealkylation sites (N-methyl/N-ethyl adjacent to an activating group) is 1. The van der Waals surface area contributed by atoms with Crippen molar-refractivity contribution in [3.05, 3.63) is 47.0 Å². The standard InChI is InChI=1S/C21H28ClN3O2/c1-25-18(12-20(26)23-13-15-5-4-8-17(22)11-15)9-10-19(25)14-24-21(27)16-6-2-3-7-16/h2-5,8,11,16,18-19H,6-7,9-10,12-14H2,1H3,(H,23,26)(H,24,27)/t18-,19+/m1/s1. The summed E-state index contributed by atoms with van der Waals surface area (Å²) in [5, 5.41) is 6.74. The highest BCUT2D eigenvalue weighted by molar-refractivity contribution is 6.30. The van der Waals surface area contributed by atoms with Crippen molar-refractivity contribution in [3.8, 4) is 0 Å². The highest BCUT2D eigenvalue weighted by atomic mass is 35.5. The molecule has 27 heavy (non-hydrogen) atoms. The average molecular weight is 390 g/mol. The van der Waals surface area contributed by atoms with Crippen LogP contribution in [-0.4, -0.2) is 42.4 Å². The van der Waals surface area contributed by atoms with Gasteiger partial charge in [0.25, 0.3) is 0 Å². The van der Waals surface area contributed by atoms with Gasteiger partial charge in [-0.05, 0) is 50.4 Å². The van der Waals surface area contributed by atoms with Gasteiger partial charge in [-0.15, -0.1) is 0 Å². The lowest BCUT2D eigenvalue weighted by Gasteiger charge is -2.26. The van der Waals surface area contributed by atoms with E-state index < -0.39 is 0 Å². The van der Waals surface area contributed by atoms with Gasteiger partial charge >= 0.3 is 0 Å². The second-order valence-electron chi connectivity index (χ2n) is 7.55. The smallest absolute Gasteiger partial charge is 0.223 e. The molecule has 146 valence electrons. The summed E-state index contributed by atoms with van der Waals surface area (Å²) in [6, 6.07) is 8.04. The molecule has 0 unspecified atom stereocenters. The summed E-state index contributed by atoms with van der Waals surface area (Å²) in [5.74, 6) is 0.300. The van der Waals surface area contributed by atoms with E-state index in [1.165, 1.54) is 0 Å². The maximum absolute atomic E-state index is 12.3. The number of benzene rings is 1. The van der Waals surface area contributed by atoms with Gasteiger partial charge in [0.15, 0.2) is 0 Å². The Bertz CT molecular complexity index is 698. The summed E-state index contributed by atoms with van der Waals surface area (Å²) < 4.78 is 0. The first-order chi connectivity index (χ1) is 13.0. The lowest BCUT2D eigenvalue weighted by molar-refractivity contribution is -0.125. The van der Waals surface area contributed by atoms with Crippen molar-refractivity contribution in [1.82, 2.24) is 15.5 Å². The first kappa shape index (κ1) is 19.9. The second-order valence-corrected chi connectivity index (χ2v) is 7.98. The van der Waals surface area contributed by atoms with Crippen molar-refractivity contribution in [2.24, 2.45) is 5.92 Å². The molecule has 3 rings (SSSR count). The predicted octanol–water partition coefficient (Wildman–Crippen LogP) is 2.89. The first-order valence-electron chi connectivity index (χ1n) is 9.68. The van der Waals surface area contributed by atoms with Crippen LogP contribution in [0.1, 0.15) is 37.7 Å². The van der Waals surface area contributed by atoms with E-state index in [1.807, 2.05) is 24.3 Å². The molecule has 1 aliphatic heterocycles. The van der Waals surface area contributed by atoms with Gasteiger partial charge in [0, 0.05) is 42.5 Å². The summed E-state index contributed by atoms with van der Waals surface area (Å²) in [4.78, 5) is 26.7. The molecule has 2 amide bonds. The molecular formula is C21H28ClN3O2. The van der Waals surface area contributed by atoms with Gasteiger partial charge in [-0.2, -0.15) is 0 Å². The van der Waals surface area contributed by atoms with Crippen LogP contribution in [0.2, 0.25) is 5.02 Å². The Kier molecular flexibility index (Phi) is 6.91. The highest BCUT2D eigenvalue weighted by Gasteiger charge is 2.32. The molecule has 1 heterocycles. The largest absolute Gasteiger partial charge is 0.354 e. The topological polar surface area (TPSA) is 61.4 Å². The number of carbonyl (C=O) groups excluding carboxylic acids is 2. The van der Waals surface area contributed by atoms with Crippen LogP contribution >= 0.6 is 11.6 Å². The molecule has 1 fully saturated rings. The number of halogens is 1. The van der Waals surface area contributed by atoms with Gasteiger partial charge in [-0.1, -0.05) is 35.9 Å². The molecule has 6 heteroatoms. The minimum atomic E-state index is 0.0496. The van der Waals surface area contributed by atoms with E-state index in [2.05, 4.69) is 34.7 Å². The van der Waals surface area contributed by atoms with E-state index in [4.69, 9.17) is 11.6 Å². The van der Waals surface area contributed by atoms with Crippen LogP contribution < -0.4 is 10.6 Å². The van der Waals surface area contributed by atoms with Crippen LogP contribution in [-0.2, 0) is 16.1 Å². The Labute approximate surface area is 166 Å². The van der Waals surface area contributed by atoms with Gasteiger partial charge in [-0.25, -0.2) is 0 Å². The molecule has 2 N–H and O–H groups in total. The minimum Gasteiger partial charge on any atom is -0.354 e. The van der Waals surface area contributed by atoms with Gasteiger partial charge < -0.3 is 10.6 Å².